The summed E-state index contributed by atoms with van der Waals surface area (Å²) in [6.07, 6.45) is 1.82. The van der Waals surface area contributed by atoms with Crippen molar-refractivity contribution in [2.45, 2.75) is 6.54 Å². The Kier molecular flexibility index (Phi) is 4.01. The van der Waals surface area contributed by atoms with Crippen molar-refractivity contribution in [3.8, 4) is 0 Å². The van der Waals surface area contributed by atoms with E-state index in [4.69, 9.17) is 5.73 Å². The second-order valence-electron chi connectivity index (χ2n) is 5.31. The lowest BCUT2D eigenvalue weighted by molar-refractivity contribution is 0.249. The SMILES string of the molecule is Nc1ccc(CN2CCN(c3ccccn3)CC2)cc1F. The molecule has 1 aliphatic heterocycles. The standard InChI is InChI=1S/C16H19FN4/c17-14-11-13(4-5-15(14)18)12-20-7-9-21(10-8-20)16-3-1-2-6-19-16/h1-6,11H,7-10,12,18H2. The molecular weight excluding hydrogens is 267 g/mol. The first-order chi connectivity index (χ1) is 10.2. The normalized spacial score (nSPS) is 16.1. The summed E-state index contributed by atoms with van der Waals surface area (Å²) in [5.74, 6) is 0.690. The summed E-state index contributed by atoms with van der Waals surface area (Å²) in [7, 11) is 0. The fourth-order valence-corrected chi connectivity index (χ4v) is 2.60. The van der Waals surface area contributed by atoms with Gasteiger partial charge in [-0.05, 0) is 29.8 Å². The molecule has 3 rings (SSSR count). The van der Waals surface area contributed by atoms with Crippen molar-refractivity contribution in [2.75, 3.05) is 36.8 Å². The Labute approximate surface area is 124 Å². The molecule has 5 heteroatoms. The van der Waals surface area contributed by atoms with Crippen molar-refractivity contribution in [1.82, 2.24) is 9.88 Å². The van der Waals surface area contributed by atoms with Crippen LogP contribution in [0.15, 0.2) is 42.6 Å². The fourth-order valence-electron chi connectivity index (χ4n) is 2.60. The number of aromatic nitrogens is 1. The van der Waals surface area contributed by atoms with Crippen LogP contribution < -0.4 is 10.6 Å². The number of anilines is 2. The van der Waals surface area contributed by atoms with E-state index < -0.39 is 0 Å². The number of halogens is 1. The third kappa shape index (κ3) is 3.31. The van der Waals surface area contributed by atoms with Crippen molar-refractivity contribution < 1.29 is 4.39 Å². The van der Waals surface area contributed by atoms with Gasteiger partial charge in [0.25, 0.3) is 0 Å². The fraction of sp³-hybridized carbons (Fsp3) is 0.312. The summed E-state index contributed by atoms with van der Waals surface area (Å²) in [6, 6.07) is 11.0. The highest BCUT2D eigenvalue weighted by Crippen LogP contribution is 2.16. The molecule has 0 amide bonds. The van der Waals surface area contributed by atoms with Gasteiger partial charge in [0.15, 0.2) is 0 Å². The van der Waals surface area contributed by atoms with Crippen LogP contribution in [0.2, 0.25) is 0 Å². The lowest BCUT2D eigenvalue weighted by Crippen LogP contribution is -2.46. The largest absolute Gasteiger partial charge is 0.396 e. The van der Waals surface area contributed by atoms with Gasteiger partial charge in [0.2, 0.25) is 0 Å². The van der Waals surface area contributed by atoms with Gasteiger partial charge in [0.05, 0.1) is 5.69 Å². The Morgan fingerprint density at radius 3 is 2.57 bits per heavy atom. The van der Waals surface area contributed by atoms with Crippen LogP contribution in [-0.2, 0) is 6.54 Å². The van der Waals surface area contributed by atoms with E-state index in [1.54, 1.807) is 6.07 Å². The molecule has 2 N–H and O–H groups in total. The Balaban J connectivity index is 1.57. The first-order valence-corrected chi connectivity index (χ1v) is 7.14. The molecule has 21 heavy (non-hydrogen) atoms. The van der Waals surface area contributed by atoms with E-state index in [1.807, 2.05) is 30.5 Å². The molecule has 1 fully saturated rings. The van der Waals surface area contributed by atoms with Crippen LogP contribution >= 0.6 is 0 Å². The Hall–Kier alpha value is -2.14. The summed E-state index contributed by atoms with van der Waals surface area (Å²) in [5, 5.41) is 0. The molecule has 110 valence electrons. The van der Waals surface area contributed by atoms with Crippen LogP contribution in [-0.4, -0.2) is 36.1 Å². The van der Waals surface area contributed by atoms with Gasteiger partial charge in [-0.2, -0.15) is 0 Å². The molecule has 1 aromatic heterocycles. The molecule has 4 nitrogen and oxygen atoms in total. The number of nitrogen functional groups attached to an aromatic ring is 1. The number of pyridine rings is 1. The molecule has 1 aromatic carbocycles. The molecule has 2 heterocycles. The smallest absolute Gasteiger partial charge is 0.146 e. The molecule has 0 aliphatic carbocycles. The van der Waals surface area contributed by atoms with E-state index in [1.165, 1.54) is 6.07 Å². The van der Waals surface area contributed by atoms with Gasteiger partial charge < -0.3 is 10.6 Å². The van der Waals surface area contributed by atoms with E-state index >= 15 is 0 Å². The zero-order chi connectivity index (χ0) is 14.7. The summed E-state index contributed by atoms with van der Waals surface area (Å²) in [6.45, 7) is 4.53. The number of nitrogens with two attached hydrogens (primary N) is 1. The molecule has 2 aromatic rings. The zero-order valence-electron chi connectivity index (χ0n) is 11.9. The Bertz CT molecular complexity index is 594. The van der Waals surface area contributed by atoms with E-state index in [0.29, 0.717) is 0 Å². The molecule has 0 unspecified atom stereocenters. The maximum atomic E-state index is 13.5. The van der Waals surface area contributed by atoms with Gasteiger partial charge in [-0.3, -0.25) is 4.90 Å². The third-order valence-corrected chi connectivity index (χ3v) is 3.82. The van der Waals surface area contributed by atoms with Crippen LogP contribution in [0.25, 0.3) is 0 Å². The number of benzene rings is 1. The van der Waals surface area contributed by atoms with Crippen molar-refractivity contribution in [3.05, 3.63) is 54.0 Å². The van der Waals surface area contributed by atoms with Crippen LogP contribution in [0.1, 0.15) is 5.56 Å². The molecular formula is C16H19FN4. The number of piperazine rings is 1. The average Bonchev–Trinajstić information content (AvgIpc) is 2.53. The quantitative estimate of drug-likeness (QED) is 0.878. The maximum Gasteiger partial charge on any atom is 0.146 e. The van der Waals surface area contributed by atoms with E-state index in [0.717, 1.165) is 44.1 Å². The van der Waals surface area contributed by atoms with E-state index in [2.05, 4.69) is 14.8 Å². The molecule has 1 aliphatic rings. The van der Waals surface area contributed by atoms with Crippen LogP contribution in [0.3, 0.4) is 0 Å². The molecule has 0 atom stereocenters. The highest BCUT2D eigenvalue weighted by molar-refractivity contribution is 5.41. The Morgan fingerprint density at radius 2 is 1.90 bits per heavy atom. The second kappa shape index (κ2) is 6.10. The minimum absolute atomic E-state index is 0.207. The number of hydrogen-bond donors (Lipinski definition) is 1. The van der Waals surface area contributed by atoms with Gasteiger partial charge >= 0.3 is 0 Å². The lowest BCUT2D eigenvalue weighted by atomic mass is 10.1. The summed E-state index contributed by atoms with van der Waals surface area (Å²) >= 11 is 0. The minimum atomic E-state index is -0.334. The lowest BCUT2D eigenvalue weighted by Gasteiger charge is -2.35. The maximum absolute atomic E-state index is 13.5. The van der Waals surface area contributed by atoms with Gasteiger partial charge in [0.1, 0.15) is 11.6 Å². The molecule has 1 saturated heterocycles. The summed E-state index contributed by atoms with van der Waals surface area (Å²) in [4.78, 5) is 8.98. The molecule has 0 bridgehead atoms. The topological polar surface area (TPSA) is 45.4 Å². The predicted octanol–water partition coefficient (Wildman–Crippen LogP) is 2.13. The van der Waals surface area contributed by atoms with Crippen molar-refractivity contribution >= 4 is 11.5 Å². The van der Waals surface area contributed by atoms with E-state index in [9.17, 15) is 4.39 Å². The second-order valence-corrected chi connectivity index (χ2v) is 5.31. The van der Waals surface area contributed by atoms with Gasteiger partial charge in [0, 0.05) is 38.9 Å². The third-order valence-electron chi connectivity index (χ3n) is 3.82. The summed E-state index contributed by atoms with van der Waals surface area (Å²) in [5.41, 5.74) is 6.68. The predicted molar refractivity (Wildman–Crippen MR) is 82.5 cm³/mol. The monoisotopic (exact) mass is 286 g/mol. The van der Waals surface area contributed by atoms with Crippen molar-refractivity contribution in [1.29, 1.82) is 0 Å². The highest BCUT2D eigenvalue weighted by Gasteiger charge is 2.18. The molecule has 0 saturated carbocycles. The van der Waals surface area contributed by atoms with Gasteiger partial charge in [-0.1, -0.05) is 12.1 Å². The number of hydrogen-bond acceptors (Lipinski definition) is 4. The van der Waals surface area contributed by atoms with Crippen LogP contribution in [0.4, 0.5) is 15.9 Å². The highest BCUT2D eigenvalue weighted by atomic mass is 19.1. The van der Waals surface area contributed by atoms with Gasteiger partial charge in [-0.25, -0.2) is 9.37 Å². The first-order valence-electron chi connectivity index (χ1n) is 7.14. The van der Waals surface area contributed by atoms with E-state index in [-0.39, 0.29) is 11.5 Å². The van der Waals surface area contributed by atoms with Crippen LogP contribution in [0.5, 0.6) is 0 Å². The van der Waals surface area contributed by atoms with Gasteiger partial charge in [-0.15, -0.1) is 0 Å². The van der Waals surface area contributed by atoms with Crippen molar-refractivity contribution in [2.24, 2.45) is 0 Å². The average molecular weight is 286 g/mol. The summed E-state index contributed by atoms with van der Waals surface area (Å²) < 4.78 is 13.5. The minimum Gasteiger partial charge on any atom is -0.396 e. The number of rotatable bonds is 3. The Morgan fingerprint density at radius 1 is 1.10 bits per heavy atom. The number of nitrogens with zero attached hydrogens (tertiary/aromatic N) is 3. The zero-order valence-corrected chi connectivity index (χ0v) is 11.9. The van der Waals surface area contributed by atoms with Crippen molar-refractivity contribution in [3.63, 3.8) is 0 Å². The first kappa shape index (κ1) is 13.8. The van der Waals surface area contributed by atoms with Crippen LogP contribution in [0, 0.1) is 5.82 Å². The molecule has 0 radical (unpaired) electrons. The molecule has 0 spiro atoms.